The van der Waals surface area contributed by atoms with Crippen molar-refractivity contribution in [1.82, 2.24) is 10.2 Å². The van der Waals surface area contributed by atoms with E-state index in [0.717, 1.165) is 12.6 Å². The highest BCUT2D eigenvalue weighted by Crippen LogP contribution is 2.31. The van der Waals surface area contributed by atoms with Crippen LogP contribution in [0.2, 0.25) is 0 Å². The zero-order chi connectivity index (χ0) is 12.0. The molecular formula is C14H30N2. The summed E-state index contributed by atoms with van der Waals surface area (Å²) in [6.07, 6.45) is 5.49. The van der Waals surface area contributed by atoms with Crippen LogP contribution in [0.3, 0.4) is 0 Å². The fraction of sp³-hybridized carbons (Fsp3) is 1.00. The fourth-order valence-electron chi connectivity index (χ4n) is 2.68. The Labute approximate surface area is 102 Å². The van der Waals surface area contributed by atoms with Crippen molar-refractivity contribution in [3.63, 3.8) is 0 Å². The maximum atomic E-state index is 3.54. The number of nitrogens with zero attached hydrogens (tertiary/aromatic N) is 1. The molecule has 0 spiro atoms. The Balaban J connectivity index is 2.46. The van der Waals surface area contributed by atoms with Gasteiger partial charge in [-0.15, -0.1) is 0 Å². The van der Waals surface area contributed by atoms with Crippen molar-refractivity contribution in [2.45, 2.75) is 59.4 Å². The molecule has 0 saturated heterocycles. The van der Waals surface area contributed by atoms with Gasteiger partial charge in [-0.1, -0.05) is 34.1 Å². The third-order valence-corrected chi connectivity index (χ3v) is 3.71. The van der Waals surface area contributed by atoms with Crippen LogP contribution in [0.4, 0.5) is 0 Å². The molecule has 16 heavy (non-hydrogen) atoms. The molecule has 0 amide bonds. The maximum absolute atomic E-state index is 3.54. The zero-order valence-electron chi connectivity index (χ0n) is 11.7. The number of nitrogens with one attached hydrogen (secondary N) is 1. The Bertz CT molecular complexity index is 189. The third-order valence-electron chi connectivity index (χ3n) is 3.71. The van der Waals surface area contributed by atoms with Crippen LogP contribution in [0.5, 0.6) is 0 Å². The third kappa shape index (κ3) is 4.42. The van der Waals surface area contributed by atoms with Crippen molar-refractivity contribution < 1.29 is 0 Å². The van der Waals surface area contributed by atoms with E-state index in [9.17, 15) is 0 Å². The SMILES string of the molecule is CCCC(C)(CNCC)CN(CC)C1CC1. The Morgan fingerprint density at radius 2 is 1.94 bits per heavy atom. The molecule has 1 aliphatic rings. The fourth-order valence-corrected chi connectivity index (χ4v) is 2.68. The number of hydrogen-bond acceptors (Lipinski definition) is 2. The highest BCUT2D eigenvalue weighted by Gasteiger charge is 2.33. The predicted molar refractivity (Wildman–Crippen MR) is 71.8 cm³/mol. The Kier molecular flexibility index (Phi) is 5.77. The topological polar surface area (TPSA) is 15.3 Å². The van der Waals surface area contributed by atoms with Crippen LogP contribution in [0.1, 0.15) is 53.4 Å². The van der Waals surface area contributed by atoms with E-state index >= 15 is 0 Å². The van der Waals surface area contributed by atoms with Crippen molar-refractivity contribution in [3.8, 4) is 0 Å². The lowest BCUT2D eigenvalue weighted by molar-refractivity contribution is 0.149. The van der Waals surface area contributed by atoms with Gasteiger partial charge in [0.15, 0.2) is 0 Å². The molecule has 1 unspecified atom stereocenters. The maximum Gasteiger partial charge on any atom is 0.00965 e. The standard InChI is InChI=1S/C14H30N2/c1-5-10-14(4,11-15-6-2)12-16(7-3)13-8-9-13/h13,15H,5-12H2,1-4H3. The first kappa shape index (κ1) is 14.0. The monoisotopic (exact) mass is 226 g/mol. The van der Waals surface area contributed by atoms with Gasteiger partial charge in [0, 0.05) is 19.1 Å². The van der Waals surface area contributed by atoms with Gasteiger partial charge in [0.2, 0.25) is 0 Å². The summed E-state index contributed by atoms with van der Waals surface area (Å²) in [6, 6.07) is 0.905. The molecular weight excluding hydrogens is 196 g/mol. The van der Waals surface area contributed by atoms with Crippen LogP contribution in [0.25, 0.3) is 0 Å². The Hall–Kier alpha value is -0.0800. The van der Waals surface area contributed by atoms with Crippen molar-refractivity contribution in [2.24, 2.45) is 5.41 Å². The lowest BCUT2D eigenvalue weighted by Gasteiger charge is -2.35. The van der Waals surface area contributed by atoms with E-state index in [1.807, 2.05) is 0 Å². The molecule has 2 heteroatoms. The first-order chi connectivity index (χ1) is 7.65. The van der Waals surface area contributed by atoms with Gasteiger partial charge in [0.05, 0.1) is 0 Å². The van der Waals surface area contributed by atoms with Crippen molar-refractivity contribution in [2.75, 3.05) is 26.2 Å². The summed E-state index contributed by atoms with van der Waals surface area (Å²) < 4.78 is 0. The van der Waals surface area contributed by atoms with E-state index in [4.69, 9.17) is 0 Å². The average molecular weight is 226 g/mol. The van der Waals surface area contributed by atoms with Gasteiger partial charge in [-0.05, 0) is 37.8 Å². The minimum absolute atomic E-state index is 0.462. The van der Waals surface area contributed by atoms with E-state index in [2.05, 4.69) is 37.9 Å². The average Bonchev–Trinajstić information content (AvgIpc) is 3.08. The number of hydrogen-bond donors (Lipinski definition) is 1. The van der Waals surface area contributed by atoms with E-state index in [-0.39, 0.29) is 0 Å². The lowest BCUT2D eigenvalue weighted by Crippen LogP contribution is -2.43. The smallest absolute Gasteiger partial charge is 0.00965 e. The zero-order valence-corrected chi connectivity index (χ0v) is 11.7. The van der Waals surface area contributed by atoms with E-state index < -0.39 is 0 Å². The minimum atomic E-state index is 0.462. The molecule has 1 rings (SSSR count). The van der Waals surface area contributed by atoms with Crippen LogP contribution < -0.4 is 5.32 Å². The van der Waals surface area contributed by atoms with Gasteiger partial charge >= 0.3 is 0 Å². The minimum Gasteiger partial charge on any atom is -0.316 e. The molecule has 0 heterocycles. The van der Waals surface area contributed by atoms with Gasteiger partial charge in [0.1, 0.15) is 0 Å². The molecule has 0 aromatic rings. The Morgan fingerprint density at radius 1 is 1.25 bits per heavy atom. The summed E-state index contributed by atoms with van der Waals surface area (Å²) in [5.41, 5.74) is 0.462. The van der Waals surface area contributed by atoms with Gasteiger partial charge in [0.25, 0.3) is 0 Å². The molecule has 1 N–H and O–H groups in total. The molecule has 1 saturated carbocycles. The largest absolute Gasteiger partial charge is 0.316 e. The van der Waals surface area contributed by atoms with Crippen molar-refractivity contribution in [1.29, 1.82) is 0 Å². The van der Waals surface area contributed by atoms with Crippen LogP contribution in [0.15, 0.2) is 0 Å². The second-order valence-electron chi connectivity index (χ2n) is 5.64. The molecule has 1 fully saturated rings. The first-order valence-corrected chi connectivity index (χ1v) is 7.10. The molecule has 2 nitrogen and oxygen atoms in total. The molecule has 1 aliphatic carbocycles. The van der Waals surface area contributed by atoms with E-state index in [1.54, 1.807) is 0 Å². The highest BCUT2D eigenvalue weighted by molar-refractivity contribution is 4.89. The van der Waals surface area contributed by atoms with Gasteiger partial charge in [-0.25, -0.2) is 0 Å². The van der Waals surface area contributed by atoms with E-state index in [0.29, 0.717) is 5.41 Å². The summed E-state index contributed by atoms with van der Waals surface area (Å²) in [7, 11) is 0. The van der Waals surface area contributed by atoms with Gasteiger partial charge in [-0.2, -0.15) is 0 Å². The Morgan fingerprint density at radius 3 is 2.38 bits per heavy atom. The number of rotatable bonds is 9. The van der Waals surface area contributed by atoms with Crippen molar-refractivity contribution >= 4 is 0 Å². The van der Waals surface area contributed by atoms with E-state index in [1.165, 1.54) is 45.3 Å². The molecule has 0 bridgehead atoms. The van der Waals surface area contributed by atoms with Crippen LogP contribution in [-0.4, -0.2) is 37.1 Å². The highest BCUT2D eigenvalue weighted by atomic mass is 15.2. The quantitative estimate of drug-likeness (QED) is 0.650. The normalized spacial score (nSPS) is 20.1. The van der Waals surface area contributed by atoms with Crippen LogP contribution >= 0.6 is 0 Å². The summed E-state index contributed by atoms with van der Waals surface area (Å²) in [5, 5.41) is 3.54. The second-order valence-corrected chi connectivity index (χ2v) is 5.64. The van der Waals surface area contributed by atoms with Gasteiger partial charge < -0.3 is 10.2 Å². The van der Waals surface area contributed by atoms with Crippen molar-refractivity contribution in [3.05, 3.63) is 0 Å². The molecule has 0 aliphatic heterocycles. The van der Waals surface area contributed by atoms with Crippen LogP contribution in [0, 0.1) is 5.41 Å². The first-order valence-electron chi connectivity index (χ1n) is 7.10. The summed E-state index contributed by atoms with van der Waals surface area (Å²) >= 11 is 0. The summed E-state index contributed by atoms with van der Waals surface area (Å²) in [4.78, 5) is 2.69. The summed E-state index contributed by atoms with van der Waals surface area (Å²) in [6.45, 7) is 14.0. The predicted octanol–water partition coefficient (Wildman–Crippen LogP) is 2.89. The lowest BCUT2D eigenvalue weighted by atomic mass is 9.84. The molecule has 0 aromatic heterocycles. The van der Waals surface area contributed by atoms with Gasteiger partial charge in [-0.3, -0.25) is 0 Å². The summed E-state index contributed by atoms with van der Waals surface area (Å²) in [5.74, 6) is 0. The molecule has 0 radical (unpaired) electrons. The second kappa shape index (κ2) is 6.61. The molecule has 1 atom stereocenters. The molecule has 96 valence electrons. The van der Waals surface area contributed by atoms with Crippen LogP contribution in [-0.2, 0) is 0 Å². The molecule has 0 aromatic carbocycles.